The van der Waals surface area contributed by atoms with E-state index in [9.17, 15) is 9.59 Å². The van der Waals surface area contributed by atoms with Crippen molar-refractivity contribution in [3.8, 4) is 28.8 Å². The normalized spacial score (nSPS) is 17.1. The first-order valence-corrected chi connectivity index (χ1v) is 15.5. The molecule has 2 fully saturated rings. The number of pyridine rings is 1. The lowest BCUT2D eigenvalue weighted by Gasteiger charge is -2.30. The number of nitriles is 1. The maximum atomic E-state index is 12.4. The Labute approximate surface area is 259 Å². The van der Waals surface area contributed by atoms with E-state index in [1.165, 1.54) is 19.3 Å². The number of aliphatic hydroxyl groups is 1. The number of nitrogens with zero attached hydrogens (tertiary/aromatic N) is 5. The van der Waals surface area contributed by atoms with Crippen LogP contribution in [0.1, 0.15) is 88.5 Å². The number of primary amides is 1. The number of aldehydes is 1. The molecule has 0 radical (unpaired) electrons. The Balaban J connectivity index is 0.000000592. The number of hydrogen-bond acceptors (Lipinski definition) is 9. The number of fused-ring (bicyclic) bond motifs is 1. The van der Waals surface area contributed by atoms with Crippen LogP contribution in [0, 0.1) is 11.3 Å². The lowest BCUT2D eigenvalue weighted by atomic mass is 9.95. The summed E-state index contributed by atoms with van der Waals surface area (Å²) in [6.07, 6.45) is 14.5. The average Bonchev–Trinajstić information content (AvgIpc) is 3.49. The van der Waals surface area contributed by atoms with Crippen LogP contribution in [0.4, 0.5) is 0 Å². The summed E-state index contributed by atoms with van der Waals surface area (Å²) in [4.78, 5) is 28.6. The molecule has 5 rings (SSSR count). The van der Waals surface area contributed by atoms with E-state index in [0.29, 0.717) is 29.5 Å². The van der Waals surface area contributed by atoms with Gasteiger partial charge in [-0.1, -0.05) is 19.3 Å². The number of likely N-dealkylation sites (N-methyl/N-ethyl adjacent to an activating group) is 1. The number of aliphatic hydroxyl groups excluding tert-OH is 1. The van der Waals surface area contributed by atoms with Crippen LogP contribution < -0.4 is 15.2 Å². The molecular weight excluding hydrogens is 560 g/mol. The van der Waals surface area contributed by atoms with Gasteiger partial charge in [-0.2, -0.15) is 10.4 Å². The highest BCUT2D eigenvalue weighted by atomic mass is 16.5. The number of benzene rings is 1. The lowest BCUT2D eigenvalue weighted by Crippen LogP contribution is -2.38. The molecule has 238 valence electrons. The Morgan fingerprint density at radius 3 is 2.50 bits per heavy atom. The van der Waals surface area contributed by atoms with Gasteiger partial charge in [0.15, 0.2) is 0 Å². The molecule has 1 aromatic carbocycles. The molecule has 1 atom stereocenters. The standard InChI is InChI=1S/C28H37N5O3.C3H3NO.C2H6O/c1-18(2)35-26-13-23-22(12-24(26)27(29)34)25(15-30-28(23)36-21-10-7-11-32(3)17-21)19-14-31-33(16-19)20-8-5-4-6-9-20;4-2-1-3-5;1-2-3/h12-16,18,20-21H,4-11,17H2,1-3H3,(H2,29,34);3H,1H2;3H,2H2,1H3. The summed E-state index contributed by atoms with van der Waals surface area (Å²) in [5.41, 5.74) is 8.01. The quantitative estimate of drug-likeness (QED) is 0.335. The second-order valence-electron chi connectivity index (χ2n) is 11.4. The first-order valence-electron chi connectivity index (χ1n) is 15.5. The third kappa shape index (κ3) is 9.49. The van der Waals surface area contributed by atoms with Gasteiger partial charge in [-0.05, 0) is 77.6 Å². The highest BCUT2D eigenvalue weighted by Gasteiger charge is 2.24. The number of rotatable bonds is 8. The summed E-state index contributed by atoms with van der Waals surface area (Å²) >= 11 is 0. The molecule has 3 aromatic rings. The van der Waals surface area contributed by atoms with E-state index in [1.54, 1.807) is 13.0 Å². The Kier molecular flexibility index (Phi) is 13.6. The molecule has 3 N–H and O–H groups in total. The van der Waals surface area contributed by atoms with Gasteiger partial charge in [0.2, 0.25) is 5.88 Å². The fourth-order valence-corrected chi connectivity index (χ4v) is 5.54. The van der Waals surface area contributed by atoms with Gasteiger partial charge in [0.1, 0.15) is 18.1 Å². The third-order valence-electron chi connectivity index (χ3n) is 7.47. The van der Waals surface area contributed by atoms with Gasteiger partial charge >= 0.3 is 0 Å². The summed E-state index contributed by atoms with van der Waals surface area (Å²) in [6, 6.07) is 5.77. The predicted octanol–water partition coefficient (Wildman–Crippen LogP) is 5.06. The zero-order valence-electron chi connectivity index (χ0n) is 26.4. The van der Waals surface area contributed by atoms with Crippen LogP contribution in [0.25, 0.3) is 21.9 Å². The minimum absolute atomic E-state index is 0.0139. The monoisotopic (exact) mass is 606 g/mol. The first-order chi connectivity index (χ1) is 21.2. The Morgan fingerprint density at radius 1 is 1.18 bits per heavy atom. The van der Waals surface area contributed by atoms with Crippen molar-refractivity contribution < 1.29 is 24.2 Å². The first kappa shape index (κ1) is 34.5. The van der Waals surface area contributed by atoms with E-state index in [0.717, 1.165) is 60.7 Å². The van der Waals surface area contributed by atoms with E-state index in [1.807, 2.05) is 38.4 Å². The number of carbonyl (C=O) groups excluding carboxylic acids is 2. The SMILES string of the molecule is CC(C)Oc1cc2c(OC3CCCN(C)C3)ncc(-c3cnn(C4CCCCC4)c3)c2cc1C(N)=O.CCO.N#CCC=O. The molecule has 1 unspecified atom stereocenters. The summed E-state index contributed by atoms with van der Waals surface area (Å²) < 4.78 is 14.5. The van der Waals surface area contributed by atoms with E-state index >= 15 is 0 Å². The molecule has 1 amide bonds. The van der Waals surface area contributed by atoms with Crippen molar-refractivity contribution in [3.63, 3.8) is 0 Å². The largest absolute Gasteiger partial charge is 0.490 e. The van der Waals surface area contributed by atoms with Gasteiger partial charge in [0.05, 0.1) is 36.4 Å². The van der Waals surface area contributed by atoms with Crippen LogP contribution in [0.15, 0.2) is 30.7 Å². The molecule has 1 aliphatic carbocycles. The summed E-state index contributed by atoms with van der Waals surface area (Å²) in [5, 5.41) is 21.5. The summed E-state index contributed by atoms with van der Waals surface area (Å²) in [7, 11) is 2.11. The zero-order valence-corrected chi connectivity index (χ0v) is 26.4. The maximum Gasteiger partial charge on any atom is 0.252 e. The van der Waals surface area contributed by atoms with Gasteiger partial charge in [-0.25, -0.2) is 4.98 Å². The van der Waals surface area contributed by atoms with Crippen molar-refractivity contribution >= 4 is 23.0 Å². The average molecular weight is 607 g/mol. The van der Waals surface area contributed by atoms with Crippen LogP contribution in [-0.2, 0) is 4.79 Å². The number of nitrogens with two attached hydrogens (primary N) is 1. The Hall–Kier alpha value is -4.01. The zero-order chi connectivity index (χ0) is 32.1. The molecule has 11 heteroatoms. The van der Waals surface area contributed by atoms with Gasteiger partial charge in [-0.15, -0.1) is 0 Å². The highest BCUT2D eigenvalue weighted by molar-refractivity contribution is 6.06. The van der Waals surface area contributed by atoms with Crippen LogP contribution >= 0.6 is 0 Å². The smallest absolute Gasteiger partial charge is 0.252 e. The number of piperidine rings is 1. The topological polar surface area (TPSA) is 157 Å². The molecule has 44 heavy (non-hydrogen) atoms. The van der Waals surface area contributed by atoms with Crippen LogP contribution in [0.2, 0.25) is 0 Å². The highest BCUT2D eigenvalue weighted by Crippen LogP contribution is 2.38. The van der Waals surface area contributed by atoms with Crippen molar-refractivity contribution in [2.75, 3.05) is 26.7 Å². The Bertz CT molecular complexity index is 1410. The molecule has 3 heterocycles. The van der Waals surface area contributed by atoms with E-state index in [2.05, 4.69) is 22.8 Å². The van der Waals surface area contributed by atoms with Gasteiger partial charge < -0.3 is 30.0 Å². The lowest BCUT2D eigenvalue weighted by molar-refractivity contribution is -0.107. The molecule has 2 aliphatic rings. The molecule has 0 spiro atoms. The molecule has 1 saturated carbocycles. The van der Waals surface area contributed by atoms with Crippen molar-refractivity contribution in [2.45, 2.75) is 90.4 Å². The second-order valence-corrected chi connectivity index (χ2v) is 11.4. The number of likely N-dealkylation sites (tertiary alicyclic amines) is 1. The number of carbonyl (C=O) groups is 2. The summed E-state index contributed by atoms with van der Waals surface area (Å²) in [5.74, 6) is 0.482. The van der Waals surface area contributed by atoms with E-state index in [4.69, 9.17) is 35.7 Å². The number of hydrogen-bond donors (Lipinski definition) is 2. The van der Waals surface area contributed by atoms with Crippen molar-refractivity contribution in [1.82, 2.24) is 19.7 Å². The van der Waals surface area contributed by atoms with Gasteiger partial charge in [0, 0.05) is 42.1 Å². The van der Waals surface area contributed by atoms with Gasteiger partial charge in [-0.3, -0.25) is 9.48 Å². The molecule has 2 aromatic heterocycles. The van der Waals surface area contributed by atoms with Crippen LogP contribution in [0.3, 0.4) is 0 Å². The molecule has 0 bridgehead atoms. The Morgan fingerprint density at radius 2 is 1.91 bits per heavy atom. The number of aromatic nitrogens is 3. The van der Waals surface area contributed by atoms with Crippen molar-refractivity contribution in [2.24, 2.45) is 5.73 Å². The van der Waals surface area contributed by atoms with E-state index in [-0.39, 0.29) is 25.2 Å². The maximum absolute atomic E-state index is 12.4. The minimum Gasteiger partial charge on any atom is -0.490 e. The van der Waals surface area contributed by atoms with Gasteiger partial charge in [0.25, 0.3) is 5.91 Å². The molecule has 1 aliphatic heterocycles. The fraction of sp³-hybridized carbons (Fsp3) is 0.545. The third-order valence-corrected chi connectivity index (χ3v) is 7.47. The molecular formula is C33H46N6O5. The number of ether oxygens (including phenoxy) is 2. The summed E-state index contributed by atoms with van der Waals surface area (Å²) in [6.45, 7) is 7.72. The molecule has 11 nitrogen and oxygen atoms in total. The minimum atomic E-state index is -0.524. The van der Waals surface area contributed by atoms with Crippen LogP contribution in [0.5, 0.6) is 11.6 Å². The molecule has 1 saturated heterocycles. The van der Waals surface area contributed by atoms with Crippen molar-refractivity contribution in [1.29, 1.82) is 5.26 Å². The van der Waals surface area contributed by atoms with Crippen LogP contribution in [-0.4, -0.2) is 75.9 Å². The fourth-order valence-electron chi connectivity index (χ4n) is 5.54. The van der Waals surface area contributed by atoms with Crippen molar-refractivity contribution in [3.05, 3.63) is 36.3 Å². The second kappa shape index (κ2) is 17.3. The van der Waals surface area contributed by atoms with E-state index < -0.39 is 5.91 Å². The predicted molar refractivity (Wildman–Crippen MR) is 170 cm³/mol. The number of amides is 1.